The van der Waals surface area contributed by atoms with Gasteiger partial charge in [0.05, 0.1) is 25.9 Å². The first-order chi connectivity index (χ1) is 13.6. The van der Waals surface area contributed by atoms with Gasteiger partial charge in [-0.1, -0.05) is 12.7 Å². The summed E-state index contributed by atoms with van der Waals surface area (Å²) in [6, 6.07) is 3.61. The van der Waals surface area contributed by atoms with E-state index in [0.717, 1.165) is 24.9 Å². The highest BCUT2D eigenvalue weighted by Gasteiger charge is 2.33. The number of hydrogen-bond acceptors (Lipinski definition) is 5. The van der Waals surface area contributed by atoms with Crippen LogP contribution in [0.2, 0.25) is 0 Å². The molecule has 0 bridgehead atoms. The highest BCUT2D eigenvalue weighted by atomic mass is 16.6. The zero-order chi connectivity index (χ0) is 20.1. The monoisotopic (exact) mass is 388 g/mol. The van der Waals surface area contributed by atoms with Gasteiger partial charge in [-0.25, -0.2) is 4.79 Å². The third kappa shape index (κ3) is 4.40. The molecule has 0 spiro atoms. The van der Waals surface area contributed by atoms with E-state index in [9.17, 15) is 9.59 Å². The second kappa shape index (κ2) is 8.99. The van der Waals surface area contributed by atoms with Crippen molar-refractivity contribution >= 4 is 17.7 Å². The number of nitrogens with zero attached hydrogens (tertiary/aromatic N) is 2. The molecule has 0 radical (unpaired) electrons. The number of anilines is 1. The molecule has 1 aromatic carbocycles. The van der Waals surface area contributed by atoms with Gasteiger partial charge in [-0.15, -0.1) is 0 Å². The van der Waals surface area contributed by atoms with E-state index in [4.69, 9.17) is 14.2 Å². The minimum atomic E-state index is -0.466. The number of fused-ring (bicyclic) bond motifs is 1. The average molecular weight is 388 g/mol. The molecule has 0 N–H and O–H groups in total. The molecule has 1 fully saturated rings. The van der Waals surface area contributed by atoms with Gasteiger partial charge in [-0.3, -0.25) is 9.69 Å². The average Bonchev–Trinajstić information content (AvgIpc) is 3.50. The van der Waals surface area contributed by atoms with Gasteiger partial charge in [0, 0.05) is 25.1 Å². The van der Waals surface area contributed by atoms with Gasteiger partial charge in [0.2, 0.25) is 5.91 Å². The molecule has 7 heteroatoms. The molecule has 0 aromatic heterocycles. The predicted octanol–water partition coefficient (Wildman–Crippen LogP) is 3.37. The minimum absolute atomic E-state index is 0.0318. The Kier molecular flexibility index (Phi) is 6.44. The maximum atomic E-state index is 12.8. The van der Waals surface area contributed by atoms with E-state index in [1.165, 1.54) is 4.90 Å². The predicted molar refractivity (Wildman–Crippen MR) is 106 cm³/mol. The molecule has 152 valence electrons. The van der Waals surface area contributed by atoms with Crippen LogP contribution in [-0.2, 0) is 16.1 Å². The van der Waals surface area contributed by atoms with Crippen LogP contribution in [-0.4, -0.2) is 50.3 Å². The molecule has 0 unspecified atom stereocenters. The van der Waals surface area contributed by atoms with Crippen LogP contribution in [0.5, 0.6) is 11.5 Å². The van der Waals surface area contributed by atoms with Crippen molar-refractivity contribution in [2.24, 2.45) is 5.92 Å². The van der Waals surface area contributed by atoms with Gasteiger partial charge >= 0.3 is 6.09 Å². The van der Waals surface area contributed by atoms with Crippen molar-refractivity contribution in [3.63, 3.8) is 0 Å². The number of benzene rings is 1. The molecular weight excluding hydrogens is 360 g/mol. The standard InChI is InChI=1S/C21H28N2O5/c1-4-12-28-20-16-14-22(13-15-6-7-15)19(24)10-11-23(21(25)27-5-2)17(16)8-9-18(20)26-3/h4,8-9,15H,1,5-7,10-14H2,2-3H3. The number of methoxy groups -OCH3 is 1. The van der Waals surface area contributed by atoms with E-state index in [1.807, 2.05) is 11.0 Å². The Morgan fingerprint density at radius 2 is 2.14 bits per heavy atom. The first-order valence-corrected chi connectivity index (χ1v) is 9.74. The molecule has 1 aliphatic carbocycles. The molecule has 0 atom stereocenters. The summed E-state index contributed by atoms with van der Waals surface area (Å²) in [5.41, 5.74) is 1.44. The molecule has 1 saturated carbocycles. The molecule has 1 heterocycles. The third-order valence-corrected chi connectivity index (χ3v) is 4.97. The number of ether oxygens (including phenoxy) is 3. The second-order valence-electron chi connectivity index (χ2n) is 7.01. The van der Waals surface area contributed by atoms with Crippen LogP contribution in [0, 0.1) is 5.92 Å². The lowest BCUT2D eigenvalue weighted by Gasteiger charge is -2.33. The second-order valence-corrected chi connectivity index (χ2v) is 7.01. The summed E-state index contributed by atoms with van der Waals surface area (Å²) >= 11 is 0. The molecule has 1 aliphatic heterocycles. The summed E-state index contributed by atoms with van der Waals surface area (Å²) in [6.07, 6.45) is 3.76. The van der Waals surface area contributed by atoms with Gasteiger partial charge in [0.25, 0.3) is 0 Å². The molecule has 2 amide bonds. The summed E-state index contributed by atoms with van der Waals surface area (Å²) < 4.78 is 16.6. The van der Waals surface area contributed by atoms with Gasteiger partial charge in [-0.2, -0.15) is 0 Å². The molecule has 0 saturated heterocycles. The molecule has 1 aromatic rings. The number of amides is 2. The highest BCUT2D eigenvalue weighted by Crippen LogP contribution is 2.41. The minimum Gasteiger partial charge on any atom is -0.493 e. The largest absolute Gasteiger partial charge is 0.493 e. The van der Waals surface area contributed by atoms with E-state index in [1.54, 1.807) is 26.2 Å². The van der Waals surface area contributed by atoms with Gasteiger partial charge in [-0.05, 0) is 37.8 Å². The van der Waals surface area contributed by atoms with Crippen molar-refractivity contribution in [1.82, 2.24) is 4.90 Å². The summed E-state index contributed by atoms with van der Waals surface area (Å²) in [4.78, 5) is 28.8. The van der Waals surface area contributed by atoms with Crippen LogP contribution in [0.3, 0.4) is 0 Å². The van der Waals surface area contributed by atoms with Crippen molar-refractivity contribution in [2.75, 3.05) is 38.3 Å². The summed E-state index contributed by atoms with van der Waals surface area (Å²) in [7, 11) is 1.57. The fourth-order valence-corrected chi connectivity index (χ4v) is 3.40. The fourth-order valence-electron chi connectivity index (χ4n) is 3.40. The lowest BCUT2D eigenvalue weighted by atomic mass is 10.1. The van der Waals surface area contributed by atoms with Crippen molar-refractivity contribution in [1.29, 1.82) is 0 Å². The molecule has 28 heavy (non-hydrogen) atoms. The Hall–Kier alpha value is -2.70. The lowest BCUT2D eigenvalue weighted by molar-refractivity contribution is -0.132. The molecule has 7 nitrogen and oxygen atoms in total. The van der Waals surface area contributed by atoms with Crippen molar-refractivity contribution in [2.45, 2.75) is 32.7 Å². The van der Waals surface area contributed by atoms with Gasteiger partial charge < -0.3 is 19.1 Å². The Labute approximate surface area is 165 Å². The van der Waals surface area contributed by atoms with Crippen LogP contribution >= 0.6 is 0 Å². The van der Waals surface area contributed by atoms with Crippen LogP contribution < -0.4 is 14.4 Å². The van der Waals surface area contributed by atoms with E-state index < -0.39 is 6.09 Å². The maximum Gasteiger partial charge on any atom is 0.414 e. The van der Waals surface area contributed by atoms with Crippen LogP contribution in [0.1, 0.15) is 31.7 Å². The summed E-state index contributed by atoms with van der Waals surface area (Å²) in [6.45, 7) is 7.39. The van der Waals surface area contributed by atoms with Crippen molar-refractivity contribution < 1.29 is 23.8 Å². The SMILES string of the molecule is C=CCOc1c(OC)ccc2c1CN(CC1CC1)C(=O)CCN2C(=O)OCC. The first kappa shape index (κ1) is 20.0. The zero-order valence-electron chi connectivity index (χ0n) is 16.6. The highest BCUT2D eigenvalue weighted by molar-refractivity contribution is 5.91. The molecule has 2 aliphatic rings. The van der Waals surface area contributed by atoms with E-state index >= 15 is 0 Å². The number of carbonyl (C=O) groups is 2. The van der Waals surface area contributed by atoms with E-state index in [2.05, 4.69) is 6.58 Å². The van der Waals surface area contributed by atoms with Crippen molar-refractivity contribution in [3.8, 4) is 11.5 Å². The maximum absolute atomic E-state index is 12.8. The topological polar surface area (TPSA) is 68.3 Å². The van der Waals surface area contributed by atoms with Crippen LogP contribution in [0.25, 0.3) is 0 Å². The number of hydrogen-bond donors (Lipinski definition) is 0. The zero-order valence-corrected chi connectivity index (χ0v) is 16.6. The smallest absolute Gasteiger partial charge is 0.414 e. The Bertz CT molecular complexity index is 745. The number of carbonyl (C=O) groups excluding carboxylic acids is 2. The normalized spacial score (nSPS) is 16.7. The lowest BCUT2D eigenvalue weighted by Crippen LogP contribution is -2.41. The number of rotatable bonds is 7. The van der Waals surface area contributed by atoms with Crippen LogP contribution in [0.15, 0.2) is 24.8 Å². The van der Waals surface area contributed by atoms with E-state index in [0.29, 0.717) is 36.3 Å². The van der Waals surface area contributed by atoms with Crippen molar-refractivity contribution in [3.05, 3.63) is 30.4 Å². The van der Waals surface area contributed by atoms with Gasteiger partial charge in [0.15, 0.2) is 11.5 Å². The third-order valence-electron chi connectivity index (χ3n) is 4.97. The quantitative estimate of drug-likeness (QED) is 0.670. The Morgan fingerprint density at radius 3 is 2.79 bits per heavy atom. The van der Waals surface area contributed by atoms with Crippen LogP contribution in [0.4, 0.5) is 10.5 Å². The molecular formula is C21H28N2O5. The fraction of sp³-hybridized carbons (Fsp3) is 0.524. The molecule has 3 rings (SSSR count). The van der Waals surface area contributed by atoms with E-state index in [-0.39, 0.29) is 25.5 Å². The summed E-state index contributed by atoms with van der Waals surface area (Å²) in [5.74, 6) is 1.69. The summed E-state index contributed by atoms with van der Waals surface area (Å²) in [5, 5.41) is 0. The first-order valence-electron chi connectivity index (χ1n) is 9.74. The Morgan fingerprint density at radius 1 is 1.36 bits per heavy atom. The Balaban J connectivity index is 2.06. The van der Waals surface area contributed by atoms with Gasteiger partial charge in [0.1, 0.15) is 6.61 Å².